The van der Waals surface area contributed by atoms with Crippen molar-refractivity contribution >= 4 is 27.7 Å². The number of nitrogens with zero attached hydrogens (tertiary/aromatic N) is 1. The summed E-state index contributed by atoms with van der Waals surface area (Å²) in [4.78, 5) is 24.7. The van der Waals surface area contributed by atoms with Crippen molar-refractivity contribution in [2.45, 2.75) is 13.8 Å². The molecule has 0 unspecified atom stereocenters. The molecule has 0 radical (unpaired) electrons. The fraction of sp³-hybridized carbons (Fsp3) is 0.385. The monoisotopic (exact) mass is 330 g/mol. The van der Waals surface area contributed by atoms with E-state index in [2.05, 4.69) is 15.9 Å². The van der Waals surface area contributed by atoms with Gasteiger partial charge in [-0.05, 0) is 40.0 Å². The molecule has 0 saturated heterocycles. The second-order valence-electron chi connectivity index (χ2n) is 4.67. The highest BCUT2D eigenvalue weighted by Gasteiger charge is 2.21. The summed E-state index contributed by atoms with van der Waals surface area (Å²) >= 11 is 3.20. The molecule has 0 saturated carbocycles. The van der Waals surface area contributed by atoms with Crippen LogP contribution in [0.25, 0.3) is 0 Å². The van der Waals surface area contributed by atoms with Crippen LogP contribution in [-0.4, -0.2) is 29.8 Å². The average molecular weight is 331 g/mol. The maximum absolute atomic E-state index is 13.2. The first-order valence-corrected chi connectivity index (χ1v) is 6.63. The van der Waals surface area contributed by atoms with Crippen LogP contribution in [0.15, 0.2) is 22.7 Å². The topological polar surface area (TPSA) is 63.4 Å². The number of hydrogen-bond acceptors (Lipinski definition) is 2. The summed E-state index contributed by atoms with van der Waals surface area (Å²) in [6.45, 7) is 4.04. The number of primary amides is 1. The van der Waals surface area contributed by atoms with Gasteiger partial charge in [0.15, 0.2) is 0 Å². The Morgan fingerprint density at radius 2 is 2.05 bits per heavy atom. The lowest BCUT2D eigenvalue weighted by atomic mass is 10.1. The van der Waals surface area contributed by atoms with Crippen LogP contribution in [0.4, 0.5) is 4.39 Å². The van der Waals surface area contributed by atoms with Crippen molar-refractivity contribution in [3.8, 4) is 0 Å². The summed E-state index contributed by atoms with van der Waals surface area (Å²) in [5.41, 5.74) is 5.32. The summed E-state index contributed by atoms with van der Waals surface area (Å²) in [5, 5.41) is 0. The molecule has 6 heteroatoms. The van der Waals surface area contributed by atoms with Crippen molar-refractivity contribution in [3.05, 3.63) is 34.1 Å². The Hall–Kier alpha value is -1.43. The molecule has 0 aliphatic heterocycles. The van der Waals surface area contributed by atoms with Crippen molar-refractivity contribution in [2.75, 3.05) is 13.1 Å². The molecule has 0 spiro atoms. The Morgan fingerprint density at radius 3 is 2.58 bits per heavy atom. The van der Waals surface area contributed by atoms with Crippen molar-refractivity contribution in [3.63, 3.8) is 0 Å². The van der Waals surface area contributed by atoms with Gasteiger partial charge in [-0.25, -0.2) is 4.39 Å². The molecule has 19 heavy (non-hydrogen) atoms. The van der Waals surface area contributed by atoms with Crippen LogP contribution in [0.3, 0.4) is 0 Å². The molecule has 0 aromatic heterocycles. The van der Waals surface area contributed by atoms with E-state index >= 15 is 0 Å². The van der Waals surface area contributed by atoms with Crippen LogP contribution in [0.2, 0.25) is 0 Å². The zero-order valence-electron chi connectivity index (χ0n) is 10.8. The molecule has 2 amide bonds. The molecule has 0 bridgehead atoms. The number of halogens is 2. The van der Waals surface area contributed by atoms with Crippen molar-refractivity contribution in [2.24, 2.45) is 11.7 Å². The van der Waals surface area contributed by atoms with Gasteiger partial charge in [0.05, 0.1) is 12.1 Å². The van der Waals surface area contributed by atoms with Gasteiger partial charge in [0, 0.05) is 11.0 Å². The van der Waals surface area contributed by atoms with E-state index in [4.69, 9.17) is 5.73 Å². The van der Waals surface area contributed by atoms with Gasteiger partial charge in [-0.2, -0.15) is 0 Å². The number of rotatable bonds is 5. The number of carbonyl (C=O) groups is 2. The third-order valence-corrected chi connectivity index (χ3v) is 3.07. The lowest BCUT2D eigenvalue weighted by Gasteiger charge is -2.23. The van der Waals surface area contributed by atoms with Crippen LogP contribution in [0, 0.1) is 11.7 Å². The Bertz CT molecular complexity index is 492. The van der Waals surface area contributed by atoms with E-state index in [9.17, 15) is 14.0 Å². The smallest absolute Gasteiger partial charge is 0.255 e. The van der Waals surface area contributed by atoms with E-state index in [1.807, 2.05) is 13.8 Å². The van der Waals surface area contributed by atoms with Gasteiger partial charge in [-0.1, -0.05) is 13.8 Å². The predicted molar refractivity (Wildman–Crippen MR) is 74.0 cm³/mol. The first kappa shape index (κ1) is 15.6. The van der Waals surface area contributed by atoms with Gasteiger partial charge in [0.25, 0.3) is 5.91 Å². The Morgan fingerprint density at radius 1 is 1.42 bits per heavy atom. The van der Waals surface area contributed by atoms with Crippen LogP contribution < -0.4 is 5.73 Å². The first-order valence-electron chi connectivity index (χ1n) is 5.84. The zero-order valence-corrected chi connectivity index (χ0v) is 12.4. The number of carbonyl (C=O) groups excluding carboxylic acids is 2. The SMILES string of the molecule is CC(C)CN(CC(N)=O)C(=O)c1cc(F)ccc1Br. The summed E-state index contributed by atoms with van der Waals surface area (Å²) in [5.74, 6) is -1.34. The quantitative estimate of drug-likeness (QED) is 0.899. The zero-order chi connectivity index (χ0) is 14.6. The largest absolute Gasteiger partial charge is 0.368 e. The van der Waals surface area contributed by atoms with E-state index in [-0.39, 0.29) is 18.0 Å². The van der Waals surface area contributed by atoms with E-state index < -0.39 is 17.6 Å². The van der Waals surface area contributed by atoms with Gasteiger partial charge >= 0.3 is 0 Å². The molecule has 1 rings (SSSR count). The minimum Gasteiger partial charge on any atom is -0.368 e. The maximum atomic E-state index is 13.2. The summed E-state index contributed by atoms with van der Waals surface area (Å²) in [7, 11) is 0. The summed E-state index contributed by atoms with van der Waals surface area (Å²) < 4.78 is 13.7. The molecular formula is C13H16BrFN2O2. The molecule has 1 aromatic carbocycles. The maximum Gasteiger partial charge on any atom is 0.255 e. The number of amides is 2. The average Bonchev–Trinajstić information content (AvgIpc) is 2.29. The number of benzene rings is 1. The third kappa shape index (κ3) is 4.63. The molecule has 0 heterocycles. The van der Waals surface area contributed by atoms with Crippen molar-refractivity contribution in [1.29, 1.82) is 0 Å². The lowest BCUT2D eigenvalue weighted by molar-refractivity contribution is -0.118. The minimum absolute atomic E-state index is 0.177. The molecular weight excluding hydrogens is 315 g/mol. The second kappa shape index (κ2) is 6.65. The fourth-order valence-electron chi connectivity index (χ4n) is 1.68. The molecule has 0 fully saturated rings. The number of hydrogen-bond donors (Lipinski definition) is 1. The minimum atomic E-state index is -0.596. The van der Waals surface area contributed by atoms with Gasteiger partial charge in [0.1, 0.15) is 5.82 Å². The van der Waals surface area contributed by atoms with Gasteiger partial charge in [-0.15, -0.1) is 0 Å². The summed E-state index contributed by atoms with van der Waals surface area (Å²) in [6.07, 6.45) is 0. The van der Waals surface area contributed by atoms with Gasteiger partial charge in [-0.3, -0.25) is 9.59 Å². The van der Waals surface area contributed by atoms with Gasteiger partial charge in [0.2, 0.25) is 5.91 Å². The van der Waals surface area contributed by atoms with Crippen molar-refractivity contribution < 1.29 is 14.0 Å². The van der Waals surface area contributed by atoms with Gasteiger partial charge < -0.3 is 10.6 Å². The summed E-state index contributed by atoms with van der Waals surface area (Å²) in [6, 6.07) is 3.85. The Balaban J connectivity index is 3.03. The van der Waals surface area contributed by atoms with E-state index in [0.29, 0.717) is 11.0 Å². The molecule has 104 valence electrons. The molecule has 1 aromatic rings. The lowest BCUT2D eigenvalue weighted by Crippen LogP contribution is -2.40. The van der Waals surface area contributed by atoms with Crippen LogP contribution >= 0.6 is 15.9 Å². The predicted octanol–water partition coefficient (Wildman–Crippen LogP) is 2.17. The van der Waals surface area contributed by atoms with Crippen LogP contribution in [0.5, 0.6) is 0 Å². The van der Waals surface area contributed by atoms with E-state index in [1.165, 1.54) is 17.0 Å². The van der Waals surface area contributed by atoms with Crippen molar-refractivity contribution in [1.82, 2.24) is 4.90 Å². The van der Waals surface area contributed by atoms with E-state index in [0.717, 1.165) is 6.07 Å². The third-order valence-electron chi connectivity index (χ3n) is 2.38. The Labute approximate surface area is 119 Å². The fourth-order valence-corrected chi connectivity index (χ4v) is 2.10. The second-order valence-corrected chi connectivity index (χ2v) is 5.52. The highest BCUT2D eigenvalue weighted by atomic mass is 79.9. The van der Waals surface area contributed by atoms with Crippen LogP contribution in [-0.2, 0) is 4.79 Å². The number of nitrogens with two attached hydrogens (primary N) is 1. The highest BCUT2D eigenvalue weighted by Crippen LogP contribution is 2.20. The standard InChI is InChI=1S/C13H16BrFN2O2/c1-8(2)6-17(7-12(16)18)13(19)10-5-9(15)3-4-11(10)14/h3-5,8H,6-7H2,1-2H3,(H2,16,18). The molecule has 0 atom stereocenters. The van der Waals surface area contributed by atoms with Crippen LogP contribution in [0.1, 0.15) is 24.2 Å². The van der Waals surface area contributed by atoms with E-state index in [1.54, 1.807) is 0 Å². The first-order chi connectivity index (χ1) is 8.81. The molecule has 2 N–H and O–H groups in total. The molecule has 0 aliphatic rings. The Kier molecular flexibility index (Phi) is 5.47. The molecule has 0 aliphatic carbocycles. The normalized spacial score (nSPS) is 10.6. The molecule has 4 nitrogen and oxygen atoms in total. The highest BCUT2D eigenvalue weighted by molar-refractivity contribution is 9.10.